The molecule has 0 bridgehead atoms. The summed E-state index contributed by atoms with van der Waals surface area (Å²) < 4.78 is 76.4. The Kier molecular flexibility index (Phi) is 2.95. The number of rotatable bonds is 1. The first kappa shape index (κ1) is 13.3. The first-order chi connectivity index (χ1) is 8.72. The number of fused-ring (bicyclic) bond motifs is 1. The van der Waals surface area contributed by atoms with Crippen molar-refractivity contribution in [3.8, 4) is 5.75 Å². The Hall–Kier alpha value is -2.12. The third kappa shape index (κ3) is 2.25. The van der Waals surface area contributed by atoms with E-state index in [0.29, 0.717) is 0 Å². The van der Waals surface area contributed by atoms with Crippen LogP contribution in [0.4, 0.5) is 32.0 Å². The van der Waals surface area contributed by atoms with Gasteiger partial charge in [0, 0.05) is 10.8 Å². The fourth-order valence-electron chi connectivity index (χ4n) is 1.67. The highest BCUT2D eigenvalue weighted by molar-refractivity contribution is 5.98. The number of phenolic OH excluding ortho intramolecular Hbond substituents is 1. The highest BCUT2D eigenvalue weighted by Crippen LogP contribution is 2.37. The van der Waals surface area contributed by atoms with Gasteiger partial charge >= 0.3 is 6.30 Å². The Morgan fingerprint density at radius 2 is 1.58 bits per heavy atom. The predicted molar refractivity (Wildman–Crippen MR) is 55.2 cm³/mol. The fourth-order valence-corrected chi connectivity index (χ4v) is 1.67. The van der Waals surface area contributed by atoms with Gasteiger partial charge in [0.05, 0.1) is 5.69 Å². The number of anilines is 1. The maximum Gasteiger partial charge on any atom is 0.482 e. The summed E-state index contributed by atoms with van der Waals surface area (Å²) in [5.41, 5.74) is -0.822. The molecule has 0 aliphatic rings. The van der Waals surface area contributed by atoms with Crippen molar-refractivity contribution in [2.75, 3.05) is 5.32 Å². The van der Waals surface area contributed by atoms with E-state index < -0.39 is 46.0 Å². The molecule has 2 rings (SSSR count). The van der Waals surface area contributed by atoms with Gasteiger partial charge in [-0.2, -0.15) is 17.6 Å². The molecule has 0 heterocycles. The zero-order chi connectivity index (χ0) is 14.4. The number of benzene rings is 2. The van der Waals surface area contributed by atoms with E-state index in [1.165, 1.54) is 0 Å². The molecule has 0 radical (unpaired) electrons. The van der Waals surface area contributed by atoms with Crippen LogP contribution in [0.1, 0.15) is 0 Å². The topological polar surface area (TPSA) is 32.3 Å². The van der Waals surface area contributed by atoms with Crippen LogP contribution in [0.15, 0.2) is 18.2 Å². The summed E-state index contributed by atoms with van der Waals surface area (Å²) in [6.07, 6.45) is -4.89. The molecule has 0 aliphatic carbocycles. The molecule has 0 fully saturated rings. The number of hydrogen-bond donors (Lipinski definition) is 2. The van der Waals surface area contributed by atoms with Crippen LogP contribution in [0.25, 0.3) is 10.8 Å². The lowest BCUT2D eigenvalue weighted by Crippen LogP contribution is -2.21. The predicted octanol–water partition coefficient (Wildman–Crippen LogP) is 3.89. The van der Waals surface area contributed by atoms with Crippen molar-refractivity contribution in [3.63, 3.8) is 0 Å². The Labute approximate surface area is 102 Å². The van der Waals surface area contributed by atoms with Gasteiger partial charge in [-0.05, 0) is 6.07 Å². The van der Waals surface area contributed by atoms with Gasteiger partial charge in [-0.15, -0.1) is 0 Å². The summed E-state index contributed by atoms with van der Waals surface area (Å²) in [6, 6.07) is 2.83. The van der Waals surface area contributed by atoms with Crippen LogP contribution in [0.5, 0.6) is 5.75 Å². The molecule has 0 saturated heterocycles. The number of alkyl halides is 3. The molecule has 8 heteroatoms. The van der Waals surface area contributed by atoms with Gasteiger partial charge in [-0.1, -0.05) is 12.1 Å². The van der Waals surface area contributed by atoms with Gasteiger partial charge in [0.15, 0.2) is 17.4 Å². The van der Waals surface area contributed by atoms with Crippen LogP contribution in [-0.2, 0) is 0 Å². The molecule has 0 atom stereocenters. The zero-order valence-corrected chi connectivity index (χ0v) is 8.95. The Morgan fingerprint density at radius 3 is 2.16 bits per heavy atom. The molecular weight excluding hydrogens is 276 g/mol. The summed E-state index contributed by atoms with van der Waals surface area (Å²) in [4.78, 5) is 0. The molecule has 0 saturated carbocycles. The van der Waals surface area contributed by atoms with Crippen LogP contribution in [0.3, 0.4) is 0 Å². The number of halogens is 6. The minimum atomic E-state index is -4.89. The molecule has 2 N–H and O–H groups in total. The van der Waals surface area contributed by atoms with Gasteiger partial charge in [0.25, 0.3) is 0 Å². The SMILES string of the molecule is Oc1c(F)c(F)c(F)c2c(NC(F)(F)F)cccc12. The third-order valence-corrected chi connectivity index (χ3v) is 2.41. The van der Waals surface area contributed by atoms with Gasteiger partial charge < -0.3 is 5.11 Å². The zero-order valence-electron chi connectivity index (χ0n) is 8.95. The van der Waals surface area contributed by atoms with Gasteiger partial charge in [0.2, 0.25) is 5.82 Å². The summed E-state index contributed by atoms with van der Waals surface area (Å²) in [5, 5.41) is 8.85. The largest absolute Gasteiger partial charge is 0.504 e. The van der Waals surface area contributed by atoms with E-state index in [-0.39, 0.29) is 0 Å². The van der Waals surface area contributed by atoms with E-state index in [0.717, 1.165) is 23.5 Å². The molecule has 2 aromatic carbocycles. The second kappa shape index (κ2) is 4.22. The number of phenols is 1. The first-order valence-corrected chi connectivity index (χ1v) is 4.85. The summed E-state index contributed by atoms with van der Waals surface area (Å²) in [7, 11) is 0. The first-order valence-electron chi connectivity index (χ1n) is 4.85. The minimum absolute atomic E-state index is 0.564. The van der Waals surface area contributed by atoms with Crippen molar-refractivity contribution >= 4 is 16.5 Å². The molecule has 2 aromatic rings. The Morgan fingerprint density at radius 1 is 0.947 bits per heavy atom. The maximum absolute atomic E-state index is 13.5. The van der Waals surface area contributed by atoms with Gasteiger partial charge in [-0.3, -0.25) is 5.32 Å². The standard InChI is InChI=1S/C11H5F6NO/c12-7-6-4(10(19)9(14)8(7)13)2-1-3-5(6)18-11(15,16)17/h1-3,18-19H. The van der Waals surface area contributed by atoms with Crippen LogP contribution in [0.2, 0.25) is 0 Å². The van der Waals surface area contributed by atoms with E-state index in [2.05, 4.69) is 0 Å². The third-order valence-electron chi connectivity index (χ3n) is 2.41. The van der Waals surface area contributed by atoms with Crippen molar-refractivity contribution in [2.45, 2.75) is 6.30 Å². The normalized spacial score (nSPS) is 11.9. The molecular formula is C11H5F6NO. The van der Waals surface area contributed by atoms with Gasteiger partial charge in [0.1, 0.15) is 0 Å². The van der Waals surface area contributed by atoms with Crippen LogP contribution in [0, 0.1) is 17.5 Å². The van der Waals surface area contributed by atoms with Crippen LogP contribution >= 0.6 is 0 Å². The minimum Gasteiger partial charge on any atom is -0.504 e. The summed E-state index contributed by atoms with van der Waals surface area (Å²) in [6.45, 7) is 0. The molecule has 0 aromatic heterocycles. The number of nitrogens with one attached hydrogen (secondary N) is 1. The van der Waals surface area contributed by atoms with E-state index in [1.807, 2.05) is 0 Å². The van der Waals surface area contributed by atoms with Crippen molar-refractivity contribution in [2.24, 2.45) is 0 Å². The lowest BCUT2D eigenvalue weighted by molar-refractivity contribution is -0.0998. The van der Waals surface area contributed by atoms with E-state index in [9.17, 15) is 31.4 Å². The maximum atomic E-state index is 13.5. The van der Waals surface area contributed by atoms with E-state index in [1.54, 1.807) is 0 Å². The highest BCUT2D eigenvalue weighted by atomic mass is 19.4. The summed E-state index contributed by atoms with van der Waals surface area (Å²) >= 11 is 0. The van der Waals surface area contributed by atoms with Gasteiger partial charge in [-0.25, -0.2) is 8.78 Å². The van der Waals surface area contributed by atoms with Crippen molar-refractivity contribution < 1.29 is 31.4 Å². The van der Waals surface area contributed by atoms with Crippen molar-refractivity contribution in [3.05, 3.63) is 35.7 Å². The molecule has 19 heavy (non-hydrogen) atoms. The van der Waals surface area contributed by atoms with E-state index >= 15 is 0 Å². The number of aromatic hydroxyl groups is 1. The molecule has 0 aliphatic heterocycles. The second-order valence-corrected chi connectivity index (χ2v) is 3.64. The molecule has 0 unspecified atom stereocenters. The average Bonchev–Trinajstić information content (AvgIpc) is 2.31. The molecule has 102 valence electrons. The molecule has 0 spiro atoms. The Bertz CT molecular complexity index is 652. The quantitative estimate of drug-likeness (QED) is 0.472. The van der Waals surface area contributed by atoms with Crippen molar-refractivity contribution in [1.82, 2.24) is 0 Å². The lowest BCUT2D eigenvalue weighted by Gasteiger charge is -2.14. The Balaban J connectivity index is 2.82. The number of hydrogen-bond acceptors (Lipinski definition) is 2. The highest BCUT2D eigenvalue weighted by Gasteiger charge is 2.30. The monoisotopic (exact) mass is 281 g/mol. The lowest BCUT2D eigenvalue weighted by atomic mass is 10.1. The smallest absolute Gasteiger partial charge is 0.482 e. The van der Waals surface area contributed by atoms with Crippen LogP contribution < -0.4 is 5.32 Å². The molecule has 0 amide bonds. The van der Waals surface area contributed by atoms with Crippen molar-refractivity contribution in [1.29, 1.82) is 0 Å². The molecule has 2 nitrogen and oxygen atoms in total. The summed E-state index contributed by atoms with van der Waals surface area (Å²) in [5.74, 6) is -6.95. The second-order valence-electron chi connectivity index (χ2n) is 3.64. The van der Waals surface area contributed by atoms with E-state index in [4.69, 9.17) is 0 Å². The average molecular weight is 281 g/mol. The van der Waals surface area contributed by atoms with Crippen LogP contribution in [-0.4, -0.2) is 11.4 Å². The fraction of sp³-hybridized carbons (Fsp3) is 0.0909.